The highest BCUT2D eigenvalue weighted by molar-refractivity contribution is 7.18. The van der Waals surface area contributed by atoms with Crippen LogP contribution in [0.2, 0.25) is 0 Å². The molecule has 1 aliphatic rings. The molecule has 1 saturated heterocycles. The predicted octanol–water partition coefficient (Wildman–Crippen LogP) is 2.87. The number of para-hydroxylation sites is 2. The maximum absolute atomic E-state index is 13.0. The van der Waals surface area contributed by atoms with Crippen LogP contribution in [0.25, 0.3) is 21.1 Å². The molecule has 0 bridgehead atoms. The lowest BCUT2D eigenvalue weighted by Crippen LogP contribution is -2.38. The molecular weight excluding hydrogens is 410 g/mol. The van der Waals surface area contributed by atoms with Gasteiger partial charge in [0.25, 0.3) is 5.56 Å². The molecule has 1 atom stereocenters. The highest BCUT2D eigenvalue weighted by Gasteiger charge is 2.25. The number of nitrogens with two attached hydrogens (primary N) is 1. The van der Waals surface area contributed by atoms with Gasteiger partial charge in [0.15, 0.2) is 0 Å². The molecule has 0 radical (unpaired) electrons. The number of benzene rings is 2. The average molecular weight is 434 g/mol. The van der Waals surface area contributed by atoms with Crippen LogP contribution >= 0.6 is 11.3 Å². The van der Waals surface area contributed by atoms with E-state index in [4.69, 9.17) is 15.7 Å². The van der Waals surface area contributed by atoms with Crippen LogP contribution in [-0.4, -0.2) is 38.4 Å². The first-order valence-electron chi connectivity index (χ1n) is 10.4. The minimum Gasteiger partial charge on any atom is -0.368 e. The molecule has 0 saturated carbocycles. The first-order valence-corrected chi connectivity index (χ1v) is 11.2. The van der Waals surface area contributed by atoms with Crippen molar-refractivity contribution < 1.29 is 4.79 Å². The van der Waals surface area contributed by atoms with Crippen molar-refractivity contribution in [3.05, 3.63) is 69.7 Å². The summed E-state index contributed by atoms with van der Waals surface area (Å²) in [4.78, 5) is 36.5. The van der Waals surface area contributed by atoms with Crippen molar-refractivity contribution in [2.75, 3.05) is 13.1 Å². The second-order valence-electron chi connectivity index (χ2n) is 8.00. The maximum atomic E-state index is 13.0. The van der Waals surface area contributed by atoms with E-state index in [1.807, 2.05) is 24.3 Å². The summed E-state index contributed by atoms with van der Waals surface area (Å²) >= 11 is 1.76. The Hall–Kier alpha value is -3.10. The molecule has 158 valence electrons. The van der Waals surface area contributed by atoms with Gasteiger partial charge < -0.3 is 5.73 Å². The van der Waals surface area contributed by atoms with Crippen LogP contribution in [0.15, 0.2) is 53.3 Å². The van der Waals surface area contributed by atoms with Crippen molar-refractivity contribution in [2.24, 2.45) is 5.73 Å². The Morgan fingerprint density at radius 2 is 1.87 bits per heavy atom. The van der Waals surface area contributed by atoms with Gasteiger partial charge in [-0.1, -0.05) is 24.3 Å². The quantitative estimate of drug-likeness (QED) is 0.522. The molecule has 8 heteroatoms. The fourth-order valence-electron chi connectivity index (χ4n) is 4.32. The fraction of sp³-hybridized carbons (Fsp3) is 0.304. The molecule has 0 aliphatic carbocycles. The standard InChI is InChI=1S/C23H23N5O2S/c24-20(29)13-28-21(25-17-8-2-1-7-16(17)23(28)30)14-27-11-5-6-15(12-27)22-26-18-9-3-4-10-19(18)31-22/h1-4,7-10,15H,5-6,11-14H2,(H2,24,29)/t15-/m1/s1. The Morgan fingerprint density at radius 3 is 2.68 bits per heavy atom. The number of aromatic nitrogens is 3. The van der Waals surface area contributed by atoms with E-state index in [0.717, 1.165) is 36.5 Å². The van der Waals surface area contributed by atoms with Gasteiger partial charge in [0.05, 0.1) is 32.7 Å². The van der Waals surface area contributed by atoms with Crippen molar-refractivity contribution in [3.63, 3.8) is 0 Å². The minimum absolute atomic E-state index is 0.166. The number of carbonyl (C=O) groups is 1. The molecule has 5 rings (SSSR count). The highest BCUT2D eigenvalue weighted by atomic mass is 32.1. The molecule has 4 aromatic rings. The van der Waals surface area contributed by atoms with Gasteiger partial charge >= 0.3 is 0 Å². The summed E-state index contributed by atoms with van der Waals surface area (Å²) in [6.07, 6.45) is 2.14. The Kier molecular flexibility index (Phi) is 5.25. The summed E-state index contributed by atoms with van der Waals surface area (Å²) in [7, 11) is 0. The zero-order valence-corrected chi connectivity index (χ0v) is 17.8. The largest absolute Gasteiger partial charge is 0.368 e. The molecular formula is C23H23N5O2S. The predicted molar refractivity (Wildman–Crippen MR) is 122 cm³/mol. The van der Waals surface area contributed by atoms with Gasteiger partial charge in [0.1, 0.15) is 12.4 Å². The molecule has 2 aromatic carbocycles. The monoisotopic (exact) mass is 433 g/mol. The average Bonchev–Trinajstić information content (AvgIpc) is 3.21. The van der Waals surface area contributed by atoms with Gasteiger partial charge in [-0.25, -0.2) is 9.97 Å². The van der Waals surface area contributed by atoms with Gasteiger partial charge in [-0.2, -0.15) is 0 Å². The van der Waals surface area contributed by atoms with Gasteiger partial charge in [0.2, 0.25) is 5.91 Å². The number of rotatable bonds is 5. The van der Waals surface area contributed by atoms with Crippen LogP contribution in [0.1, 0.15) is 29.6 Å². The van der Waals surface area contributed by atoms with Crippen LogP contribution in [0, 0.1) is 0 Å². The summed E-state index contributed by atoms with van der Waals surface area (Å²) in [6.45, 7) is 2.09. The van der Waals surface area contributed by atoms with E-state index in [0.29, 0.717) is 29.2 Å². The van der Waals surface area contributed by atoms with Gasteiger partial charge in [-0.15, -0.1) is 11.3 Å². The van der Waals surface area contributed by atoms with Crippen LogP contribution < -0.4 is 11.3 Å². The number of primary amides is 1. The minimum atomic E-state index is -0.550. The summed E-state index contributed by atoms with van der Waals surface area (Å²) in [5.74, 6) is 0.377. The van der Waals surface area contributed by atoms with Crippen molar-refractivity contribution in [1.82, 2.24) is 19.4 Å². The van der Waals surface area contributed by atoms with E-state index in [2.05, 4.69) is 17.0 Å². The lowest BCUT2D eigenvalue weighted by molar-refractivity contribution is -0.118. The van der Waals surface area contributed by atoms with E-state index < -0.39 is 5.91 Å². The molecule has 2 aromatic heterocycles. The summed E-state index contributed by atoms with van der Waals surface area (Å²) < 4.78 is 2.63. The summed E-state index contributed by atoms with van der Waals surface area (Å²) in [6, 6.07) is 15.4. The maximum Gasteiger partial charge on any atom is 0.261 e. The molecule has 1 aliphatic heterocycles. The van der Waals surface area contributed by atoms with E-state index in [-0.39, 0.29) is 12.1 Å². The summed E-state index contributed by atoms with van der Waals surface area (Å²) in [5.41, 5.74) is 6.89. The Morgan fingerprint density at radius 1 is 1.10 bits per heavy atom. The second-order valence-corrected chi connectivity index (χ2v) is 9.06. The third-order valence-corrected chi connectivity index (χ3v) is 6.98. The molecule has 31 heavy (non-hydrogen) atoms. The Labute approximate surface area is 183 Å². The number of hydrogen-bond acceptors (Lipinski definition) is 6. The smallest absolute Gasteiger partial charge is 0.261 e. The van der Waals surface area contributed by atoms with E-state index in [1.165, 1.54) is 9.27 Å². The van der Waals surface area contributed by atoms with Gasteiger partial charge in [-0.05, 0) is 43.7 Å². The lowest BCUT2D eigenvalue weighted by Gasteiger charge is -2.32. The highest BCUT2D eigenvalue weighted by Crippen LogP contribution is 2.33. The Bertz CT molecular complexity index is 1300. The number of nitrogens with zero attached hydrogens (tertiary/aromatic N) is 4. The topological polar surface area (TPSA) is 94.1 Å². The lowest BCUT2D eigenvalue weighted by atomic mass is 9.98. The van der Waals surface area contributed by atoms with E-state index in [9.17, 15) is 9.59 Å². The third kappa shape index (κ3) is 3.96. The number of carbonyl (C=O) groups excluding carboxylic acids is 1. The number of fused-ring (bicyclic) bond motifs is 2. The zero-order chi connectivity index (χ0) is 21.4. The molecule has 7 nitrogen and oxygen atoms in total. The number of thiazole rings is 1. The molecule has 0 spiro atoms. The first-order chi connectivity index (χ1) is 15.1. The van der Waals surface area contributed by atoms with E-state index >= 15 is 0 Å². The SMILES string of the molecule is NC(=O)Cn1c(CN2CCC[C@@H](c3nc4ccccc4s3)C2)nc2ccccc2c1=O. The van der Waals surface area contributed by atoms with Gasteiger partial charge in [-0.3, -0.25) is 19.1 Å². The molecule has 1 fully saturated rings. The number of likely N-dealkylation sites (tertiary alicyclic amines) is 1. The van der Waals surface area contributed by atoms with Crippen LogP contribution in [-0.2, 0) is 17.9 Å². The molecule has 3 heterocycles. The molecule has 1 amide bonds. The van der Waals surface area contributed by atoms with Crippen molar-refractivity contribution >= 4 is 38.4 Å². The van der Waals surface area contributed by atoms with Crippen LogP contribution in [0.5, 0.6) is 0 Å². The molecule has 2 N–H and O–H groups in total. The van der Waals surface area contributed by atoms with Crippen molar-refractivity contribution in [1.29, 1.82) is 0 Å². The fourth-order valence-corrected chi connectivity index (χ4v) is 5.41. The summed E-state index contributed by atoms with van der Waals surface area (Å²) in [5, 5.41) is 1.66. The number of amides is 1. The normalized spacial score (nSPS) is 17.4. The number of hydrogen-bond donors (Lipinski definition) is 1. The van der Waals surface area contributed by atoms with E-state index in [1.54, 1.807) is 23.5 Å². The van der Waals surface area contributed by atoms with Crippen LogP contribution in [0.4, 0.5) is 0 Å². The zero-order valence-electron chi connectivity index (χ0n) is 17.0. The third-order valence-electron chi connectivity index (χ3n) is 5.78. The van der Waals surface area contributed by atoms with Gasteiger partial charge in [0, 0.05) is 12.5 Å². The van der Waals surface area contributed by atoms with Crippen LogP contribution in [0.3, 0.4) is 0 Å². The number of piperidine rings is 1. The Balaban J connectivity index is 1.44. The van der Waals surface area contributed by atoms with Crippen molar-refractivity contribution in [3.8, 4) is 0 Å². The van der Waals surface area contributed by atoms with Crippen molar-refractivity contribution in [2.45, 2.75) is 31.8 Å². The molecule has 0 unspecified atom stereocenters. The second kappa shape index (κ2) is 8.20. The first kappa shape index (κ1) is 19.8.